The molecule has 1 rings (SSSR count). The van der Waals surface area contributed by atoms with E-state index in [1.165, 1.54) is 77.0 Å². The third kappa shape index (κ3) is 27.7. The van der Waals surface area contributed by atoms with Crippen molar-refractivity contribution < 1.29 is 74.4 Å². The van der Waals surface area contributed by atoms with Crippen LogP contribution >= 0.6 is 0 Å². The van der Waals surface area contributed by atoms with Gasteiger partial charge in [0.05, 0.1) is 17.9 Å². The van der Waals surface area contributed by atoms with E-state index >= 15 is 0 Å². The van der Waals surface area contributed by atoms with Gasteiger partial charge in [-0.05, 0) is 12.8 Å². The van der Waals surface area contributed by atoms with Gasteiger partial charge in [0, 0.05) is 98.0 Å². The first kappa shape index (κ1) is 49.0. The number of carboxylic acid groups (broad SMARTS) is 3. The van der Waals surface area contributed by atoms with E-state index in [1.807, 2.05) is 4.90 Å². The Morgan fingerprint density at radius 2 is 0.740 bits per heavy atom. The predicted molar refractivity (Wildman–Crippen MR) is 187 cm³/mol. The molecule has 12 nitrogen and oxygen atoms in total. The van der Waals surface area contributed by atoms with Gasteiger partial charge in [0.25, 0.3) is 0 Å². The maximum atomic E-state index is 13.6. The monoisotopic (exact) mass is 852 g/mol. The van der Waals surface area contributed by atoms with E-state index in [2.05, 4.69) is 18.7 Å². The topological polar surface area (TPSA) is 154 Å². The first-order valence-corrected chi connectivity index (χ1v) is 19.4. The van der Waals surface area contributed by atoms with Crippen LogP contribution in [0.5, 0.6) is 0 Å². The largest absolute Gasteiger partial charge is 3.00 e. The molecule has 1 aliphatic rings. The number of hydrogen-bond acceptors (Lipinski definition) is 11. The minimum atomic E-state index is -1.25. The van der Waals surface area contributed by atoms with Crippen LogP contribution in [0.1, 0.15) is 123 Å². The Kier molecular flexibility index (Phi) is 32.1. The fourth-order valence-corrected chi connectivity index (χ4v) is 6.47. The molecule has 50 heavy (non-hydrogen) atoms. The van der Waals surface area contributed by atoms with E-state index in [9.17, 15) is 34.5 Å². The Balaban J connectivity index is 0.0000240. The number of rotatable bonds is 27. The maximum Gasteiger partial charge on any atom is 3.00 e. The summed E-state index contributed by atoms with van der Waals surface area (Å²) < 4.78 is 0. The van der Waals surface area contributed by atoms with E-state index in [0.717, 1.165) is 38.8 Å². The van der Waals surface area contributed by atoms with Gasteiger partial charge in [0.1, 0.15) is 0 Å². The summed E-state index contributed by atoms with van der Waals surface area (Å²) in [7, 11) is 0. The molecule has 0 aromatic carbocycles. The van der Waals surface area contributed by atoms with Crippen molar-refractivity contribution in [2.24, 2.45) is 0 Å². The first-order chi connectivity index (χ1) is 23.6. The SMILES string of the molecule is CCCCCCCCCCN(CCCCCCCCCC)C(=O)CCN1CCN(CC(=O)[O-])CCN(CC(=O)[O-])CCN(CC(=O)[O-])CC1.[Gd+3]. The zero-order valence-electron chi connectivity index (χ0n) is 31.4. The smallest absolute Gasteiger partial charge is 0.549 e. The Labute approximate surface area is 335 Å². The molecular weight excluding hydrogens is 784 g/mol. The Morgan fingerprint density at radius 3 is 1.04 bits per heavy atom. The molecule has 13 heteroatoms. The van der Waals surface area contributed by atoms with Crippen molar-refractivity contribution in [2.45, 2.75) is 123 Å². The fourth-order valence-electron chi connectivity index (χ4n) is 6.47. The Bertz CT molecular complexity index is 848. The summed E-state index contributed by atoms with van der Waals surface area (Å²) >= 11 is 0. The average molecular weight is 852 g/mol. The normalized spacial score (nSPS) is 15.9. The quantitative estimate of drug-likeness (QED) is 0.109. The van der Waals surface area contributed by atoms with Gasteiger partial charge in [-0.3, -0.25) is 19.5 Å². The van der Waals surface area contributed by atoms with Crippen LogP contribution in [0.3, 0.4) is 0 Å². The molecule has 291 valence electrons. The number of nitrogens with zero attached hydrogens (tertiary/aromatic N) is 5. The van der Waals surface area contributed by atoms with Crippen molar-refractivity contribution >= 4 is 23.8 Å². The third-order valence-corrected chi connectivity index (χ3v) is 9.55. The molecular formula is C37H68GdN5O7. The number of hydrogen-bond donors (Lipinski definition) is 0. The summed E-state index contributed by atoms with van der Waals surface area (Å²) in [4.78, 5) is 57.2. The van der Waals surface area contributed by atoms with Crippen molar-refractivity contribution in [1.29, 1.82) is 0 Å². The molecule has 0 unspecified atom stereocenters. The summed E-state index contributed by atoms with van der Waals surface area (Å²) in [5.41, 5.74) is 0. The van der Waals surface area contributed by atoms with Crippen molar-refractivity contribution in [2.75, 3.05) is 91.6 Å². The number of carbonyl (C=O) groups is 4. The van der Waals surface area contributed by atoms with Gasteiger partial charge < -0.3 is 39.5 Å². The summed E-state index contributed by atoms with van der Waals surface area (Å²) in [5, 5.41) is 34.3. The summed E-state index contributed by atoms with van der Waals surface area (Å²) in [5.74, 6) is -3.54. The van der Waals surface area contributed by atoms with Gasteiger partial charge in [-0.25, -0.2) is 0 Å². The van der Waals surface area contributed by atoms with Gasteiger partial charge >= 0.3 is 39.9 Å². The van der Waals surface area contributed by atoms with Gasteiger partial charge in [0.15, 0.2) is 0 Å². The van der Waals surface area contributed by atoms with Crippen LogP contribution in [0.25, 0.3) is 0 Å². The fraction of sp³-hybridized carbons (Fsp3) is 0.892. The van der Waals surface area contributed by atoms with Crippen LogP contribution in [0, 0.1) is 39.9 Å². The van der Waals surface area contributed by atoms with Gasteiger partial charge in [-0.15, -0.1) is 0 Å². The van der Waals surface area contributed by atoms with Crippen LogP contribution in [0.4, 0.5) is 0 Å². The zero-order valence-corrected chi connectivity index (χ0v) is 33.6. The minimum absolute atomic E-state index is 0. The minimum Gasteiger partial charge on any atom is -0.549 e. The van der Waals surface area contributed by atoms with Crippen LogP contribution in [0.15, 0.2) is 0 Å². The molecule has 0 bridgehead atoms. The molecule has 0 spiro atoms. The van der Waals surface area contributed by atoms with E-state index in [-0.39, 0.29) is 78.6 Å². The molecule has 0 aromatic rings. The number of carboxylic acids is 3. The second kappa shape index (κ2) is 32.7. The number of unbranched alkanes of at least 4 members (excludes halogenated alkanes) is 14. The molecule has 0 saturated carbocycles. The summed E-state index contributed by atoms with van der Waals surface area (Å²) in [6.45, 7) is 8.50. The van der Waals surface area contributed by atoms with Crippen LogP contribution in [-0.2, 0) is 19.2 Å². The zero-order chi connectivity index (χ0) is 36.1. The molecule has 0 aromatic heterocycles. The Hall–Kier alpha value is -0.955. The molecule has 0 atom stereocenters. The van der Waals surface area contributed by atoms with Crippen LogP contribution < -0.4 is 15.3 Å². The van der Waals surface area contributed by atoms with Crippen LogP contribution in [0.2, 0.25) is 0 Å². The molecule has 1 heterocycles. The summed E-state index contributed by atoms with van der Waals surface area (Å²) in [6, 6.07) is 0. The molecule has 1 fully saturated rings. The van der Waals surface area contributed by atoms with Gasteiger partial charge in [-0.1, -0.05) is 104 Å². The van der Waals surface area contributed by atoms with E-state index in [4.69, 9.17) is 0 Å². The number of carbonyl (C=O) groups excluding carboxylic acids is 4. The van der Waals surface area contributed by atoms with Crippen molar-refractivity contribution in [3.05, 3.63) is 0 Å². The molecule has 0 aliphatic carbocycles. The van der Waals surface area contributed by atoms with E-state index in [1.54, 1.807) is 14.7 Å². The number of aliphatic carboxylic acids is 3. The standard InChI is InChI=1S/C37H71N5O7.Gd/c1-3-5-7-9-11-13-15-17-20-42(21-18-16-14-12-10-8-6-4-2)34(43)19-22-38-23-25-39(31-35(44)45)27-29-41(33-37(48)49)30-28-40(26-24-38)32-36(46)47;/h3-33H2,1-2H3,(H,44,45)(H,46,47)(H,48,49);/q;+3/p-3. The van der Waals surface area contributed by atoms with Gasteiger partial charge in [-0.2, -0.15) is 0 Å². The van der Waals surface area contributed by atoms with Crippen LogP contribution in [-0.4, -0.2) is 140 Å². The van der Waals surface area contributed by atoms with Crippen molar-refractivity contribution in [3.8, 4) is 0 Å². The predicted octanol–water partition coefficient (Wildman–Crippen LogP) is 0.958. The molecule has 0 N–H and O–H groups in total. The second-order valence-electron chi connectivity index (χ2n) is 13.9. The van der Waals surface area contributed by atoms with Crippen molar-refractivity contribution in [3.63, 3.8) is 0 Å². The molecule has 1 radical (unpaired) electrons. The van der Waals surface area contributed by atoms with Crippen molar-refractivity contribution in [1.82, 2.24) is 24.5 Å². The first-order valence-electron chi connectivity index (χ1n) is 19.4. The van der Waals surface area contributed by atoms with Gasteiger partial charge in [0.2, 0.25) is 5.91 Å². The Morgan fingerprint density at radius 1 is 0.460 bits per heavy atom. The molecule has 1 aliphatic heterocycles. The molecule has 1 saturated heterocycles. The van der Waals surface area contributed by atoms with E-state index in [0.29, 0.717) is 52.2 Å². The maximum absolute atomic E-state index is 13.6. The summed E-state index contributed by atoms with van der Waals surface area (Å²) in [6.07, 6.45) is 19.8. The van der Waals surface area contributed by atoms with E-state index < -0.39 is 17.9 Å². The third-order valence-electron chi connectivity index (χ3n) is 9.55. The molecule has 1 amide bonds. The average Bonchev–Trinajstić information content (AvgIpc) is 3.04. The number of amides is 1. The second-order valence-corrected chi connectivity index (χ2v) is 13.9.